The number of hydrogen-bond donors (Lipinski definition) is 3. The number of rotatable bonds is 20. The molecule has 2 heterocycles. The summed E-state index contributed by atoms with van der Waals surface area (Å²) in [6.07, 6.45) is 8.51. The lowest BCUT2D eigenvalue weighted by atomic mass is 9.78. The monoisotopic (exact) mass is 817 g/mol. The minimum atomic E-state index is -4.49. The molecule has 0 spiro atoms. The van der Waals surface area contributed by atoms with Crippen LogP contribution in [0.3, 0.4) is 0 Å². The second-order valence-corrected chi connectivity index (χ2v) is 18.3. The van der Waals surface area contributed by atoms with Crippen molar-refractivity contribution in [3.63, 3.8) is 0 Å². The Labute approximate surface area is 331 Å². The van der Waals surface area contributed by atoms with Gasteiger partial charge in [-0.05, 0) is 92.1 Å². The van der Waals surface area contributed by atoms with E-state index in [1.54, 1.807) is 13.2 Å². The summed E-state index contributed by atoms with van der Waals surface area (Å²) in [4.78, 5) is 13.1. The molecule has 3 N–H and O–H groups in total. The van der Waals surface area contributed by atoms with Crippen molar-refractivity contribution < 1.29 is 49.7 Å². The highest BCUT2D eigenvalue weighted by Crippen LogP contribution is 2.51. The predicted molar refractivity (Wildman–Crippen MR) is 217 cm³/mol. The molecule has 0 saturated carbocycles. The number of carbonyl (C=O) groups is 1. The molecule has 1 aromatic rings. The third-order valence-corrected chi connectivity index (χ3v) is 11.8. The number of hydrogen-bond acceptors (Lipinski definition) is 9. The lowest BCUT2D eigenvalue weighted by Crippen LogP contribution is -2.31. The van der Waals surface area contributed by atoms with Crippen molar-refractivity contribution in [3.8, 4) is 11.3 Å². The normalized spacial score (nSPS) is 17.6. The van der Waals surface area contributed by atoms with Gasteiger partial charge >= 0.3 is 5.97 Å². The summed E-state index contributed by atoms with van der Waals surface area (Å²) in [5, 5.41) is 10.0. The number of ether oxygens (including phenoxy) is 2. The quantitative estimate of drug-likeness (QED) is 0.0652. The lowest BCUT2D eigenvalue weighted by molar-refractivity contribution is -0.137. The van der Waals surface area contributed by atoms with Crippen molar-refractivity contribution in [2.75, 3.05) is 57.2 Å². The third-order valence-electron chi connectivity index (χ3n) is 10.1. The van der Waals surface area contributed by atoms with Gasteiger partial charge in [0.15, 0.2) is 0 Å². The van der Waals surface area contributed by atoms with Crippen LogP contribution in [0.5, 0.6) is 0 Å². The molecule has 308 valence electrons. The fourth-order valence-electron chi connectivity index (χ4n) is 7.18. The molecule has 56 heavy (non-hydrogen) atoms. The van der Waals surface area contributed by atoms with Crippen LogP contribution in [0.2, 0.25) is 0 Å². The summed E-state index contributed by atoms with van der Waals surface area (Å²) in [6, 6.07) is 12.6. The Morgan fingerprint density at radius 1 is 0.982 bits per heavy atom. The van der Waals surface area contributed by atoms with Crippen LogP contribution in [0, 0.1) is 0 Å². The zero-order valence-electron chi connectivity index (χ0n) is 33.3. The number of carboxylic acid groups (broad SMARTS) is 1. The van der Waals surface area contributed by atoms with E-state index in [2.05, 4.69) is 25.7 Å². The molecule has 1 unspecified atom stereocenters. The van der Waals surface area contributed by atoms with Gasteiger partial charge in [-0.15, -0.1) is 0 Å². The second-order valence-electron chi connectivity index (χ2n) is 15.3. The van der Waals surface area contributed by atoms with Gasteiger partial charge in [0.2, 0.25) is 5.36 Å². The second kappa shape index (κ2) is 19.1. The van der Waals surface area contributed by atoms with Crippen molar-refractivity contribution >= 4 is 38.0 Å². The summed E-state index contributed by atoms with van der Waals surface area (Å²) in [5.74, 6) is 0.0845. The van der Waals surface area contributed by atoms with Crippen molar-refractivity contribution in [1.82, 2.24) is 4.58 Å². The Morgan fingerprint density at radius 3 is 2.38 bits per heavy atom. The average molecular weight is 818 g/mol. The first-order valence-corrected chi connectivity index (χ1v) is 22.0. The van der Waals surface area contributed by atoms with Crippen LogP contribution < -0.4 is 14.8 Å². The summed E-state index contributed by atoms with van der Waals surface area (Å²) in [7, 11) is -6.96. The number of aliphatic carboxylic acids is 1. The Kier molecular flexibility index (Phi) is 15.3. The van der Waals surface area contributed by atoms with Gasteiger partial charge in [-0.1, -0.05) is 33.3 Å². The van der Waals surface area contributed by atoms with Crippen molar-refractivity contribution in [3.05, 3.63) is 82.6 Å². The van der Waals surface area contributed by atoms with Crippen LogP contribution in [0.15, 0.2) is 69.6 Å². The van der Waals surface area contributed by atoms with Gasteiger partial charge < -0.3 is 23.9 Å². The number of carboxylic acids is 1. The molecule has 0 aromatic heterocycles. The first kappa shape index (κ1) is 44.8. The minimum absolute atomic E-state index is 0.0775. The number of allylic oxidation sites excluding steroid dienone is 3. The average Bonchev–Trinajstić information content (AvgIpc) is 3.34. The van der Waals surface area contributed by atoms with Gasteiger partial charge in [-0.3, -0.25) is 13.9 Å². The van der Waals surface area contributed by atoms with E-state index in [1.165, 1.54) is 12.1 Å². The summed E-state index contributed by atoms with van der Waals surface area (Å²) < 4.78 is 86.1. The van der Waals surface area contributed by atoms with Crippen LogP contribution >= 0.6 is 0 Å². The highest BCUT2D eigenvalue weighted by atomic mass is 32.2. The van der Waals surface area contributed by atoms with Crippen molar-refractivity contribution in [2.45, 2.75) is 88.9 Å². The number of nitrogens with zero attached hydrogens (tertiary/aromatic N) is 2. The molecular weight excluding hydrogens is 761 g/mol. The molecular formula is C41H57N2O11S2+. The van der Waals surface area contributed by atoms with Crippen LogP contribution in [0.1, 0.15) is 90.0 Å². The maximum atomic E-state index is 12.3. The van der Waals surface area contributed by atoms with E-state index >= 15 is 0 Å². The smallest absolute Gasteiger partial charge is 0.303 e. The molecule has 0 bridgehead atoms. The molecule has 15 heteroatoms. The first-order chi connectivity index (χ1) is 26.3. The molecule has 4 rings (SSSR count). The van der Waals surface area contributed by atoms with E-state index in [1.807, 2.05) is 60.9 Å². The molecule has 13 nitrogen and oxygen atoms in total. The molecule has 2 aliphatic heterocycles. The Morgan fingerprint density at radius 2 is 1.73 bits per heavy atom. The van der Waals surface area contributed by atoms with Gasteiger partial charge in [-0.25, -0.2) is 4.58 Å². The summed E-state index contributed by atoms with van der Waals surface area (Å²) in [5.41, 5.74) is 3.44. The van der Waals surface area contributed by atoms with Gasteiger partial charge in [0.05, 0.1) is 29.9 Å². The van der Waals surface area contributed by atoms with Gasteiger partial charge in [0.25, 0.3) is 20.2 Å². The fraction of sp³-hybridized carbons (Fsp3) is 0.512. The van der Waals surface area contributed by atoms with E-state index in [4.69, 9.17) is 19.0 Å². The Bertz CT molecular complexity index is 2170. The molecule has 0 fully saturated rings. The van der Waals surface area contributed by atoms with E-state index in [0.29, 0.717) is 76.7 Å². The van der Waals surface area contributed by atoms with Crippen molar-refractivity contribution in [2.24, 2.45) is 0 Å². The van der Waals surface area contributed by atoms with Gasteiger partial charge in [0, 0.05) is 61.5 Å². The van der Waals surface area contributed by atoms with E-state index < -0.39 is 31.6 Å². The number of fused-ring (bicyclic) bond motifs is 2. The highest BCUT2D eigenvalue weighted by Gasteiger charge is 2.43. The van der Waals surface area contributed by atoms with Gasteiger partial charge in [0.1, 0.15) is 24.6 Å². The van der Waals surface area contributed by atoms with Gasteiger partial charge in [-0.2, -0.15) is 16.8 Å². The standard InChI is InChI=1S/C41H56N2O11S2/c1-7-42(21-12-26-55(46,47)48)30-16-18-33-34(40(2,3)4)28-31(54-37(33)27-30)13-11-14-38-41(5,20-23-53-25-24-52-6)35-29-32(56(49,50)51)17-19-36(35)43(38)22-10-8-9-15-39(44)45/h11,13-14,16-19,27-29H,7-10,12,15,20-26H2,1-6H3,(H2-,44,45,46,47,48,49,50,51)/p+1. The largest absolute Gasteiger partial charge is 0.481 e. The Balaban J connectivity index is 1.82. The number of anilines is 1. The van der Waals surface area contributed by atoms with Crippen LogP contribution in [0.4, 0.5) is 5.69 Å². The molecule has 1 aliphatic carbocycles. The van der Waals surface area contributed by atoms with Crippen LogP contribution in [-0.2, 0) is 45.3 Å². The highest BCUT2D eigenvalue weighted by molar-refractivity contribution is 7.86. The van der Waals surface area contributed by atoms with Crippen molar-refractivity contribution in [1.29, 1.82) is 0 Å². The summed E-state index contributed by atoms with van der Waals surface area (Å²) >= 11 is 0. The topological polar surface area (TPSA) is 184 Å². The number of benzene rings is 2. The number of methoxy groups -OCH3 is 1. The number of unbranched alkanes of at least 4 members (excludes halogenated alkanes) is 2. The van der Waals surface area contributed by atoms with E-state index in [0.717, 1.165) is 33.4 Å². The SMILES string of the molecule is CC[N+](CCCS(=O)(=O)O)=c1ccc2c(C(C)(C)C)cc(C=CC=C3N(CCCCCC(=O)O)c4ccc(S(=O)(=O)O)cc4C3(C)CCOCCOC)oc-2c1. The molecule has 0 amide bonds. The maximum absolute atomic E-state index is 12.3. The molecule has 0 radical (unpaired) electrons. The lowest BCUT2D eigenvalue weighted by Gasteiger charge is -2.30. The maximum Gasteiger partial charge on any atom is 0.303 e. The summed E-state index contributed by atoms with van der Waals surface area (Å²) in [6.45, 7) is 13.2. The molecule has 1 atom stereocenters. The molecule has 1 aromatic carbocycles. The fourth-order valence-corrected chi connectivity index (χ4v) is 8.18. The van der Waals surface area contributed by atoms with Crippen LogP contribution in [0.25, 0.3) is 17.4 Å². The molecule has 3 aliphatic rings. The molecule has 0 saturated heterocycles. The zero-order valence-corrected chi connectivity index (χ0v) is 34.9. The minimum Gasteiger partial charge on any atom is -0.481 e. The van der Waals surface area contributed by atoms with Crippen LogP contribution in [-0.4, -0.2) is 89.3 Å². The van der Waals surface area contributed by atoms with E-state index in [9.17, 15) is 30.7 Å². The predicted octanol–water partition coefficient (Wildman–Crippen LogP) is 6.37. The first-order valence-electron chi connectivity index (χ1n) is 19.0. The third kappa shape index (κ3) is 11.8. The van der Waals surface area contributed by atoms with E-state index in [-0.39, 0.29) is 28.9 Å². The Hall–Kier alpha value is -3.86. The zero-order chi connectivity index (χ0) is 41.3.